The quantitative estimate of drug-likeness (QED) is 0.561. The van der Waals surface area contributed by atoms with Gasteiger partial charge in [-0.2, -0.15) is 0 Å². The number of fused-ring (bicyclic) bond motifs is 3. The molecule has 0 amide bonds. The number of rotatable bonds is 3. The van der Waals surface area contributed by atoms with Gasteiger partial charge in [-0.05, 0) is 24.3 Å². The predicted molar refractivity (Wildman–Crippen MR) is 91.5 cm³/mol. The van der Waals surface area contributed by atoms with E-state index in [0.29, 0.717) is 16.9 Å². The van der Waals surface area contributed by atoms with Crippen molar-refractivity contribution in [2.24, 2.45) is 0 Å². The molecular formula is C18H12N4O2. The van der Waals surface area contributed by atoms with E-state index in [1.807, 2.05) is 30.3 Å². The summed E-state index contributed by atoms with van der Waals surface area (Å²) in [5.41, 5.74) is 2.39. The van der Waals surface area contributed by atoms with Crippen LogP contribution in [0, 0.1) is 0 Å². The summed E-state index contributed by atoms with van der Waals surface area (Å²) in [5, 5.41) is 14.0. The standard InChI is InChI=1S/C18H12N4O2/c23-18(24)11-6-7-13-14(8-11)19-9-15-16(13)17(21-10-20-15)22-12-4-2-1-3-5-12/h1-10H,(H,23,24)(H,20,21,22). The Morgan fingerprint density at radius 1 is 0.958 bits per heavy atom. The maximum atomic E-state index is 11.2. The van der Waals surface area contributed by atoms with Gasteiger partial charge in [-0.3, -0.25) is 4.98 Å². The minimum Gasteiger partial charge on any atom is -0.478 e. The number of carboxylic acids is 1. The largest absolute Gasteiger partial charge is 0.478 e. The lowest BCUT2D eigenvalue weighted by Gasteiger charge is -2.10. The van der Waals surface area contributed by atoms with Gasteiger partial charge in [0.1, 0.15) is 12.1 Å². The molecule has 4 rings (SSSR count). The molecule has 0 saturated carbocycles. The van der Waals surface area contributed by atoms with E-state index in [0.717, 1.165) is 16.5 Å². The molecule has 2 N–H and O–H groups in total. The molecule has 2 aromatic heterocycles. The highest BCUT2D eigenvalue weighted by atomic mass is 16.4. The van der Waals surface area contributed by atoms with Gasteiger partial charge in [-0.1, -0.05) is 24.3 Å². The molecular weight excluding hydrogens is 304 g/mol. The molecule has 0 saturated heterocycles. The fraction of sp³-hybridized carbons (Fsp3) is 0. The topological polar surface area (TPSA) is 88.0 Å². The van der Waals surface area contributed by atoms with E-state index in [1.54, 1.807) is 24.4 Å². The number of para-hydroxylation sites is 1. The Morgan fingerprint density at radius 3 is 2.58 bits per heavy atom. The minimum atomic E-state index is -0.981. The lowest BCUT2D eigenvalue weighted by atomic mass is 10.1. The maximum Gasteiger partial charge on any atom is 0.335 e. The smallest absolute Gasteiger partial charge is 0.335 e. The monoisotopic (exact) mass is 316 g/mol. The SMILES string of the molecule is O=C(O)c1ccc2c(c1)ncc1ncnc(Nc3ccccc3)c12. The van der Waals surface area contributed by atoms with Crippen molar-refractivity contribution in [3.8, 4) is 0 Å². The van der Waals surface area contributed by atoms with E-state index in [9.17, 15) is 4.79 Å². The molecule has 4 aromatic rings. The van der Waals surface area contributed by atoms with Crippen LogP contribution in [-0.2, 0) is 0 Å². The zero-order valence-corrected chi connectivity index (χ0v) is 12.5. The summed E-state index contributed by atoms with van der Waals surface area (Å²) in [7, 11) is 0. The number of aromatic carboxylic acids is 1. The van der Waals surface area contributed by atoms with Crippen LogP contribution in [0.3, 0.4) is 0 Å². The van der Waals surface area contributed by atoms with Gasteiger partial charge >= 0.3 is 5.97 Å². The van der Waals surface area contributed by atoms with Crippen molar-refractivity contribution in [1.29, 1.82) is 0 Å². The van der Waals surface area contributed by atoms with Gasteiger partial charge in [-0.25, -0.2) is 14.8 Å². The molecule has 2 heterocycles. The Balaban J connectivity index is 1.95. The number of nitrogens with zero attached hydrogens (tertiary/aromatic N) is 3. The summed E-state index contributed by atoms with van der Waals surface area (Å²) >= 11 is 0. The molecule has 0 spiro atoms. The van der Waals surface area contributed by atoms with Crippen LogP contribution in [0.25, 0.3) is 21.8 Å². The summed E-state index contributed by atoms with van der Waals surface area (Å²) in [5.74, 6) is -0.326. The highest BCUT2D eigenvalue weighted by Crippen LogP contribution is 2.29. The molecule has 0 fully saturated rings. The van der Waals surface area contributed by atoms with Crippen LogP contribution in [0.5, 0.6) is 0 Å². The highest BCUT2D eigenvalue weighted by molar-refractivity contribution is 6.11. The van der Waals surface area contributed by atoms with Gasteiger partial charge in [0.25, 0.3) is 0 Å². The van der Waals surface area contributed by atoms with Gasteiger partial charge < -0.3 is 10.4 Å². The third-order valence-corrected chi connectivity index (χ3v) is 3.75. The van der Waals surface area contributed by atoms with Crippen LogP contribution in [-0.4, -0.2) is 26.0 Å². The number of aromatic nitrogens is 3. The summed E-state index contributed by atoms with van der Waals surface area (Å²) in [6, 6.07) is 14.6. The molecule has 24 heavy (non-hydrogen) atoms. The predicted octanol–water partition coefficient (Wildman–Crippen LogP) is 3.62. The fourth-order valence-corrected chi connectivity index (χ4v) is 2.63. The average Bonchev–Trinajstić information content (AvgIpc) is 2.62. The van der Waals surface area contributed by atoms with Crippen LogP contribution in [0.1, 0.15) is 10.4 Å². The first kappa shape index (κ1) is 14.1. The molecule has 6 nitrogen and oxygen atoms in total. The number of carbonyl (C=O) groups is 1. The van der Waals surface area contributed by atoms with Crippen LogP contribution in [0.4, 0.5) is 11.5 Å². The number of nitrogens with one attached hydrogen (secondary N) is 1. The molecule has 0 unspecified atom stereocenters. The summed E-state index contributed by atoms with van der Waals surface area (Å²) in [4.78, 5) is 24.1. The molecule has 0 atom stereocenters. The second-order valence-electron chi connectivity index (χ2n) is 5.27. The summed E-state index contributed by atoms with van der Waals surface area (Å²) in [6.07, 6.45) is 3.11. The van der Waals surface area contributed by atoms with E-state index in [-0.39, 0.29) is 5.56 Å². The Morgan fingerprint density at radius 2 is 1.79 bits per heavy atom. The molecule has 0 aliphatic carbocycles. The first-order chi connectivity index (χ1) is 11.7. The second kappa shape index (κ2) is 5.58. The Hall–Kier alpha value is -3.54. The lowest BCUT2D eigenvalue weighted by molar-refractivity contribution is 0.0697. The van der Waals surface area contributed by atoms with Crippen LogP contribution < -0.4 is 5.32 Å². The van der Waals surface area contributed by atoms with Crippen molar-refractivity contribution in [1.82, 2.24) is 15.0 Å². The summed E-state index contributed by atoms with van der Waals surface area (Å²) in [6.45, 7) is 0. The van der Waals surface area contributed by atoms with E-state index >= 15 is 0 Å². The summed E-state index contributed by atoms with van der Waals surface area (Å²) < 4.78 is 0. The van der Waals surface area contributed by atoms with Crippen molar-refractivity contribution < 1.29 is 9.90 Å². The third kappa shape index (κ3) is 2.40. The fourth-order valence-electron chi connectivity index (χ4n) is 2.63. The number of hydrogen-bond acceptors (Lipinski definition) is 5. The van der Waals surface area contributed by atoms with Gasteiger partial charge in [0.05, 0.1) is 28.2 Å². The molecule has 0 radical (unpaired) electrons. The molecule has 2 aromatic carbocycles. The van der Waals surface area contributed by atoms with Gasteiger partial charge in [0.15, 0.2) is 0 Å². The minimum absolute atomic E-state index is 0.198. The molecule has 0 aliphatic heterocycles. The van der Waals surface area contributed by atoms with Crippen LogP contribution >= 0.6 is 0 Å². The molecule has 116 valence electrons. The maximum absolute atomic E-state index is 11.2. The van der Waals surface area contributed by atoms with Gasteiger partial charge in [0, 0.05) is 11.1 Å². The van der Waals surface area contributed by atoms with E-state index in [2.05, 4.69) is 20.3 Å². The first-order valence-electron chi connectivity index (χ1n) is 7.31. The van der Waals surface area contributed by atoms with Crippen molar-refractivity contribution in [3.05, 3.63) is 66.6 Å². The number of carboxylic acid groups (broad SMARTS) is 1. The van der Waals surface area contributed by atoms with E-state index < -0.39 is 5.97 Å². The Kier molecular flexibility index (Phi) is 3.28. The Bertz CT molecular complexity index is 1060. The van der Waals surface area contributed by atoms with E-state index in [4.69, 9.17) is 5.11 Å². The number of hydrogen-bond donors (Lipinski definition) is 2. The number of benzene rings is 2. The lowest BCUT2D eigenvalue weighted by Crippen LogP contribution is -1.99. The first-order valence-corrected chi connectivity index (χ1v) is 7.31. The average molecular weight is 316 g/mol. The van der Waals surface area contributed by atoms with Crippen molar-refractivity contribution in [2.75, 3.05) is 5.32 Å². The highest BCUT2D eigenvalue weighted by Gasteiger charge is 2.11. The van der Waals surface area contributed by atoms with Gasteiger partial charge in [-0.15, -0.1) is 0 Å². The number of pyridine rings is 1. The van der Waals surface area contributed by atoms with Crippen molar-refractivity contribution in [3.63, 3.8) is 0 Å². The van der Waals surface area contributed by atoms with E-state index in [1.165, 1.54) is 6.33 Å². The molecule has 0 aliphatic rings. The van der Waals surface area contributed by atoms with Gasteiger partial charge in [0.2, 0.25) is 0 Å². The van der Waals surface area contributed by atoms with Crippen LogP contribution in [0.2, 0.25) is 0 Å². The zero-order chi connectivity index (χ0) is 16.5. The van der Waals surface area contributed by atoms with Crippen molar-refractivity contribution >= 4 is 39.3 Å². The Labute approximate surface area is 136 Å². The molecule has 6 heteroatoms. The second-order valence-corrected chi connectivity index (χ2v) is 5.27. The normalized spacial score (nSPS) is 10.8. The number of anilines is 2. The van der Waals surface area contributed by atoms with Crippen molar-refractivity contribution in [2.45, 2.75) is 0 Å². The third-order valence-electron chi connectivity index (χ3n) is 3.75. The molecule has 0 bridgehead atoms. The zero-order valence-electron chi connectivity index (χ0n) is 12.5. The van der Waals surface area contributed by atoms with Crippen LogP contribution in [0.15, 0.2) is 61.1 Å².